The fraction of sp³-hybridized carbons (Fsp3) is 0.409. The third kappa shape index (κ3) is 3.78. The van der Waals surface area contributed by atoms with E-state index >= 15 is 0 Å². The highest BCUT2D eigenvalue weighted by atomic mass is 19.1. The molecule has 33 heavy (non-hydrogen) atoms. The first-order chi connectivity index (χ1) is 16.1. The normalized spacial score (nSPS) is 17.3. The van der Waals surface area contributed by atoms with Crippen LogP contribution in [0, 0.1) is 5.82 Å². The molecule has 0 unspecified atom stereocenters. The molecule has 0 saturated heterocycles. The van der Waals surface area contributed by atoms with Crippen molar-refractivity contribution in [1.82, 2.24) is 25.0 Å². The third-order valence-electron chi connectivity index (χ3n) is 5.95. The highest BCUT2D eigenvalue weighted by Gasteiger charge is 2.40. The van der Waals surface area contributed by atoms with E-state index in [4.69, 9.17) is 9.47 Å². The number of hydrazine groups is 1. The van der Waals surface area contributed by atoms with Crippen molar-refractivity contribution in [2.24, 2.45) is 0 Å². The Morgan fingerprint density at radius 2 is 1.91 bits per heavy atom. The van der Waals surface area contributed by atoms with Crippen LogP contribution in [0.2, 0.25) is 0 Å². The summed E-state index contributed by atoms with van der Waals surface area (Å²) >= 11 is 0. The molecule has 0 atom stereocenters. The zero-order valence-corrected chi connectivity index (χ0v) is 18.1. The topological polar surface area (TPSA) is 105 Å². The lowest BCUT2D eigenvalue weighted by Crippen LogP contribution is -2.45. The lowest BCUT2D eigenvalue weighted by Gasteiger charge is -2.22. The molecule has 1 aliphatic heterocycles. The zero-order chi connectivity index (χ0) is 22.5. The molecule has 0 bridgehead atoms. The molecule has 1 amide bonds. The fourth-order valence-electron chi connectivity index (χ4n) is 4.08. The average Bonchev–Trinajstić information content (AvgIpc) is 3.74. The predicted octanol–water partition coefficient (Wildman–Crippen LogP) is 2.70. The highest BCUT2D eigenvalue weighted by Crippen LogP contribution is 2.40. The van der Waals surface area contributed by atoms with Gasteiger partial charge in [-0.3, -0.25) is 10.2 Å². The fourth-order valence-corrected chi connectivity index (χ4v) is 4.08. The van der Waals surface area contributed by atoms with Crippen LogP contribution in [0.25, 0.3) is 5.65 Å². The van der Waals surface area contributed by atoms with Gasteiger partial charge in [0.25, 0.3) is 5.91 Å². The van der Waals surface area contributed by atoms with Crippen LogP contribution in [0.15, 0.2) is 24.4 Å². The van der Waals surface area contributed by atoms with Gasteiger partial charge in [0.05, 0.1) is 11.9 Å². The van der Waals surface area contributed by atoms with Gasteiger partial charge in [-0.25, -0.2) is 14.4 Å². The first kappa shape index (κ1) is 20.0. The van der Waals surface area contributed by atoms with Gasteiger partial charge < -0.3 is 20.1 Å². The molecule has 11 heteroatoms. The van der Waals surface area contributed by atoms with Gasteiger partial charge in [-0.1, -0.05) is 0 Å². The van der Waals surface area contributed by atoms with E-state index in [0.29, 0.717) is 65.3 Å². The Kier molecular flexibility index (Phi) is 4.72. The molecule has 3 aliphatic rings. The molecule has 10 nitrogen and oxygen atoms in total. The van der Waals surface area contributed by atoms with Crippen LogP contribution in [-0.4, -0.2) is 57.9 Å². The molecule has 3 N–H and O–H groups in total. The molecule has 2 saturated carbocycles. The smallest absolute Gasteiger partial charge is 0.271 e. The Hall–Kier alpha value is -3.60. The van der Waals surface area contributed by atoms with Crippen LogP contribution >= 0.6 is 0 Å². The number of ether oxygens (including phenoxy) is 2. The van der Waals surface area contributed by atoms with Crippen molar-refractivity contribution in [3.05, 3.63) is 35.8 Å². The van der Waals surface area contributed by atoms with E-state index in [-0.39, 0.29) is 5.91 Å². The molecule has 1 aromatic carbocycles. The van der Waals surface area contributed by atoms with Crippen molar-refractivity contribution in [1.29, 1.82) is 0 Å². The van der Waals surface area contributed by atoms with Crippen molar-refractivity contribution < 1.29 is 18.7 Å². The molecular weight excluding hydrogens is 429 g/mol. The molecular formula is C22H24FN7O3. The van der Waals surface area contributed by atoms with Crippen LogP contribution < -0.4 is 25.5 Å². The van der Waals surface area contributed by atoms with Crippen LogP contribution in [0.3, 0.4) is 0 Å². The Morgan fingerprint density at radius 1 is 1.15 bits per heavy atom. The largest absolute Gasteiger partial charge is 0.486 e. The zero-order valence-electron chi connectivity index (χ0n) is 18.1. The van der Waals surface area contributed by atoms with Crippen molar-refractivity contribution in [2.75, 3.05) is 30.9 Å². The molecule has 0 spiro atoms. The van der Waals surface area contributed by atoms with E-state index in [0.717, 1.165) is 25.7 Å². The number of aromatic nitrogens is 3. The molecule has 2 aromatic heterocycles. The van der Waals surface area contributed by atoms with Gasteiger partial charge in [-0.05, 0) is 25.7 Å². The lowest BCUT2D eigenvalue weighted by atomic mass is 10.2. The van der Waals surface area contributed by atoms with Gasteiger partial charge >= 0.3 is 0 Å². The maximum atomic E-state index is 14.2. The SMILES string of the molecule is CNc1cc(Nc2cc(F)cc3c2OCCO3)nc2c(C(=O)NN(C3CC3)C3CC3)cnn12. The number of hydrogen-bond donors (Lipinski definition) is 3. The molecule has 172 valence electrons. The van der Waals surface area contributed by atoms with E-state index in [1.54, 1.807) is 17.6 Å². The van der Waals surface area contributed by atoms with E-state index in [9.17, 15) is 9.18 Å². The monoisotopic (exact) mass is 453 g/mol. The summed E-state index contributed by atoms with van der Waals surface area (Å²) in [7, 11) is 1.75. The summed E-state index contributed by atoms with van der Waals surface area (Å²) in [5.74, 6) is 1.08. The van der Waals surface area contributed by atoms with Gasteiger partial charge in [-0.2, -0.15) is 9.61 Å². The van der Waals surface area contributed by atoms with Gasteiger partial charge in [0.15, 0.2) is 17.1 Å². The second kappa shape index (κ2) is 7.77. The Balaban J connectivity index is 1.34. The molecule has 6 rings (SSSR count). The maximum absolute atomic E-state index is 14.2. The summed E-state index contributed by atoms with van der Waals surface area (Å²) < 4.78 is 26.9. The van der Waals surface area contributed by atoms with Crippen molar-refractivity contribution in [3.8, 4) is 11.5 Å². The second-order valence-corrected chi connectivity index (χ2v) is 8.48. The average molecular weight is 453 g/mol. The number of carbonyl (C=O) groups is 1. The number of anilines is 3. The van der Waals surface area contributed by atoms with E-state index in [1.807, 2.05) is 0 Å². The molecule has 2 fully saturated rings. The molecule has 2 aliphatic carbocycles. The second-order valence-electron chi connectivity index (χ2n) is 8.48. The summed E-state index contributed by atoms with van der Waals surface area (Å²) in [6.45, 7) is 0.726. The number of benzene rings is 1. The number of halogens is 1. The van der Waals surface area contributed by atoms with Crippen molar-refractivity contribution in [2.45, 2.75) is 37.8 Å². The Labute approximate surface area is 189 Å². The Bertz CT molecular complexity index is 1230. The minimum absolute atomic E-state index is 0.240. The summed E-state index contributed by atoms with van der Waals surface area (Å²) in [6, 6.07) is 5.18. The lowest BCUT2D eigenvalue weighted by molar-refractivity contribution is 0.0757. The summed E-state index contributed by atoms with van der Waals surface area (Å²) in [5, 5.41) is 12.6. The minimum Gasteiger partial charge on any atom is -0.486 e. The van der Waals surface area contributed by atoms with Crippen molar-refractivity contribution >= 4 is 28.9 Å². The van der Waals surface area contributed by atoms with Gasteiger partial charge in [-0.15, -0.1) is 0 Å². The van der Waals surface area contributed by atoms with Crippen LogP contribution in [0.4, 0.5) is 21.7 Å². The standard InChI is InChI=1S/C22H24FN7O3/c1-24-19-10-18(26-16-8-12(23)9-17-20(16)33-7-6-32-17)27-21-15(11-25-30(19)21)22(31)28-29(13-2-3-13)14-4-5-14/h8-11,13-14,24H,2-7H2,1H3,(H,26,27)(H,28,31). The first-order valence-corrected chi connectivity index (χ1v) is 11.1. The van der Waals surface area contributed by atoms with Crippen LogP contribution in [0.1, 0.15) is 36.0 Å². The maximum Gasteiger partial charge on any atom is 0.271 e. The third-order valence-corrected chi connectivity index (χ3v) is 5.95. The molecule has 0 radical (unpaired) electrons. The van der Waals surface area contributed by atoms with Gasteiger partial charge in [0.1, 0.15) is 36.2 Å². The number of hydrogen-bond acceptors (Lipinski definition) is 8. The number of fused-ring (bicyclic) bond motifs is 2. The molecule has 3 heterocycles. The van der Waals surface area contributed by atoms with Crippen LogP contribution in [0.5, 0.6) is 11.5 Å². The molecule has 3 aromatic rings. The summed E-state index contributed by atoms with van der Waals surface area (Å²) in [5.41, 5.74) is 4.20. The summed E-state index contributed by atoms with van der Waals surface area (Å²) in [6.07, 6.45) is 5.93. The highest BCUT2D eigenvalue weighted by molar-refractivity contribution is 6.00. The Morgan fingerprint density at radius 3 is 2.64 bits per heavy atom. The number of nitrogens with zero attached hydrogens (tertiary/aromatic N) is 4. The van der Waals surface area contributed by atoms with E-state index < -0.39 is 5.82 Å². The van der Waals surface area contributed by atoms with Crippen molar-refractivity contribution in [3.63, 3.8) is 0 Å². The van der Waals surface area contributed by atoms with Crippen LogP contribution in [-0.2, 0) is 0 Å². The van der Waals surface area contributed by atoms with Gasteiger partial charge in [0, 0.05) is 37.3 Å². The first-order valence-electron chi connectivity index (χ1n) is 11.1. The van der Waals surface area contributed by atoms with Gasteiger partial charge in [0.2, 0.25) is 0 Å². The number of carbonyl (C=O) groups excluding carboxylic acids is 1. The predicted molar refractivity (Wildman–Crippen MR) is 119 cm³/mol. The number of nitrogens with one attached hydrogen (secondary N) is 3. The number of amides is 1. The van der Waals surface area contributed by atoms with E-state index in [1.165, 1.54) is 18.3 Å². The summed E-state index contributed by atoms with van der Waals surface area (Å²) in [4.78, 5) is 17.7. The van der Waals surface area contributed by atoms with E-state index in [2.05, 4.69) is 31.2 Å². The number of rotatable bonds is 7. The quantitative estimate of drug-likeness (QED) is 0.469. The minimum atomic E-state index is -0.457.